The minimum Gasteiger partial charge on any atom is -0.369 e. The van der Waals surface area contributed by atoms with Gasteiger partial charge < -0.3 is 16.0 Å². The van der Waals surface area contributed by atoms with Crippen molar-refractivity contribution in [3.63, 3.8) is 0 Å². The molecule has 2 aromatic heterocycles. The van der Waals surface area contributed by atoms with Crippen molar-refractivity contribution >= 4 is 34.3 Å². The zero-order chi connectivity index (χ0) is 18.1. The van der Waals surface area contributed by atoms with Gasteiger partial charge in [-0.05, 0) is 31.0 Å². The summed E-state index contributed by atoms with van der Waals surface area (Å²) in [4.78, 5) is 21.5. The van der Waals surface area contributed by atoms with Crippen LogP contribution in [0.15, 0.2) is 30.6 Å². The molecule has 1 unspecified atom stereocenters. The zero-order valence-electron chi connectivity index (χ0n) is 13.9. The fraction of sp³-hybridized carbons (Fsp3) is 0.294. The Bertz CT molecular complexity index is 957. The number of hydrogen-bond acceptors (Lipinski definition) is 6. The normalized spacial score (nSPS) is 17.4. The Kier molecular flexibility index (Phi) is 4.11. The first kappa shape index (κ1) is 16.2. The van der Waals surface area contributed by atoms with Crippen LogP contribution in [0, 0.1) is 11.7 Å². The molecule has 4 N–H and O–H groups in total. The Balaban J connectivity index is 1.58. The summed E-state index contributed by atoms with van der Waals surface area (Å²) in [5.74, 6) is -0.727. The summed E-state index contributed by atoms with van der Waals surface area (Å²) < 4.78 is 14.3. The monoisotopic (exact) mass is 355 g/mol. The Morgan fingerprint density at radius 2 is 2.27 bits per heavy atom. The molecule has 134 valence electrons. The second-order valence-corrected chi connectivity index (χ2v) is 6.35. The number of carbonyl (C=O) groups is 1. The lowest BCUT2D eigenvalue weighted by molar-refractivity contribution is -0.122. The lowest BCUT2D eigenvalue weighted by Gasteiger charge is -2.32. The lowest BCUT2D eigenvalue weighted by Crippen LogP contribution is -2.42. The third kappa shape index (κ3) is 3.15. The molecule has 9 heteroatoms. The maximum atomic E-state index is 14.3. The van der Waals surface area contributed by atoms with E-state index in [1.165, 1.54) is 0 Å². The molecule has 26 heavy (non-hydrogen) atoms. The van der Waals surface area contributed by atoms with Gasteiger partial charge in [0.2, 0.25) is 11.9 Å². The summed E-state index contributed by atoms with van der Waals surface area (Å²) in [6, 6.07) is 5.65. The fourth-order valence-electron chi connectivity index (χ4n) is 3.19. The Labute approximate surface area is 148 Å². The molecule has 1 aromatic carbocycles. The predicted octanol–water partition coefficient (Wildman–Crippen LogP) is 1.94. The van der Waals surface area contributed by atoms with Crippen molar-refractivity contribution < 1.29 is 9.18 Å². The van der Waals surface area contributed by atoms with Crippen LogP contribution in [0.25, 0.3) is 10.9 Å². The van der Waals surface area contributed by atoms with Gasteiger partial charge in [0.25, 0.3) is 0 Å². The third-order valence-corrected chi connectivity index (χ3v) is 4.55. The first-order chi connectivity index (χ1) is 12.6. The van der Waals surface area contributed by atoms with Gasteiger partial charge in [0, 0.05) is 24.2 Å². The van der Waals surface area contributed by atoms with Crippen molar-refractivity contribution in [2.45, 2.75) is 12.8 Å². The standard InChI is InChI=1S/C17H18FN7O/c18-13-8-20-17(22-12-4-3-10-7-21-24-14(10)6-12)23-16(13)25-5-1-2-11(9-25)15(19)26/h3-4,6-8,11H,1-2,5,9H2,(H2,19,26)(H,21,24)(H,20,22,23). The molecule has 1 saturated heterocycles. The summed E-state index contributed by atoms with van der Waals surface area (Å²) in [6.07, 6.45) is 4.34. The average molecular weight is 355 g/mol. The Morgan fingerprint density at radius 3 is 3.12 bits per heavy atom. The van der Waals surface area contributed by atoms with Crippen LogP contribution in [0.2, 0.25) is 0 Å². The van der Waals surface area contributed by atoms with E-state index in [-0.39, 0.29) is 23.6 Å². The van der Waals surface area contributed by atoms with Gasteiger partial charge >= 0.3 is 0 Å². The second kappa shape index (κ2) is 6.58. The van der Waals surface area contributed by atoms with Gasteiger partial charge in [0.15, 0.2) is 11.6 Å². The number of H-pyrrole nitrogens is 1. The highest BCUT2D eigenvalue weighted by molar-refractivity contribution is 5.82. The molecule has 3 heterocycles. The molecular weight excluding hydrogens is 337 g/mol. The first-order valence-corrected chi connectivity index (χ1v) is 8.37. The Morgan fingerprint density at radius 1 is 1.38 bits per heavy atom. The number of nitrogens with two attached hydrogens (primary N) is 1. The van der Waals surface area contributed by atoms with E-state index in [2.05, 4.69) is 25.5 Å². The van der Waals surface area contributed by atoms with Gasteiger partial charge in [-0.2, -0.15) is 10.1 Å². The number of amides is 1. The van der Waals surface area contributed by atoms with Crippen LogP contribution in [0.5, 0.6) is 0 Å². The van der Waals surface area contributed by atoms with Crippen LogP contribution in [0.1, 0.15) is 12.8 Å². The topological polar surface area (TPSA) is 113 Å². The highest BCUT2D eigenvalue weighted by Gasteiger charge is 2.26. The van der Waals surface area contributed by atoms with Gasteiger partial charge in [-0.15, -0.1) is 0 Å². The summed E-state index contributed by atoms with van der Waals surface area (Å²) in [5, 5.41) is 10.9. The van der Waals surface area contributed by atoms with Crippen LogP contribution in [-0.4, -0.2) is 39.2 Å². The summed E-state index contributed by atoms with van der Waals surface area (Å²) in [7, 11) is 0. The number of anilines is 3. The molecule has 0 spiro atoms. The van der Waals surface area contributed by atoms with Gasteiger partial charge in [0.1, 0.15) is 0 Å². The number of hydrogen-bond donors (Lipinski definition) is 3. The van der Waals surface area contributed by atoms with E-state index < -0.39 is 5.82 Å². The number of benzene rings is 1. The van der Waals surface area contributed by atoms with E-state index >= 15 is 0 Å². The number of nitrogens with zero attached hydrogens (tertiary/aromatic N) is 4. The SMILES string of the molecule is NC(=O)C1CCCN(c2nc(Nc3ccc4cn[nH]c4c3)ncc2F)C1. The number of piperidine rings is 1. The molecule has 1 aliphatic heterocycles. The van der Waals surface area contributed by atoms with Crippen molar-refractivity contribution in [2.24, 2.45) is 11.7 Å². The maximum absolute atomic E-state index is 14.3. The zero-order valence-corrected chi connectivity index (χ0v) is 13.9. The number of carbonyl (C=O) groups excluding carboxylic acids is 1. The molecule has 1 aliphatic rings. The van der Waals surface area contributed by atoms with E-state index in [9.17, 15) is 9.18 Å². The number of aromatic nitrogens is 4. The average Bonchev–Trinajstić information content (AvgIpc) is 3.11. The molecule has 0 aliphatic carbocycles. The van der Waals surface area contributed by atoms with Crippen LogP contribution in [0.4, 0.5) is 21.8 Å². The largest absolute Gasteiger partial charge is 0.369 e. The van der Waals surface area contributed by atoms with E-state index in [1.54, 1.807) is 11.1 Å². The first-order valence-electron chi connectivity index (χ1n) is 8.37. The number of halogens is 1. The quantitative estimate of drug-likeness (QED) is 0.659. The van der Waals surface area contributed by atoms with Gasteiger partial charge in [-0.3, -0.25) is 9.89 Å². The van der Waals surface area contributed by atoms with E-state index in [4.69, 9.17) is 5.73 Å². The van der Waals surface area contributed by atoms with Crippen molar-refractivity contribution in [2.75, 3.05) is 23.3 Å². The molecule has 1 atom stereocenters. The fourth-order valence-corrected chi connectivity index (χ4v) is 3.19. The molecular formula is C17H18FN7O. The van der Waals surface area contributed by atoms with Crippen molar-refractivity contribution in [3.8, 4) is 0 Å². The molecule has 3 aromatic rings. The summed E-state index contributed by atoms with van der Waals surface area (Å²) in [6.45, 7) is 0.986. The highest BCUT2D eigenvalue weighted by Crippen LogP contribution is 2.26. The number of rotatable bonds is 4. The predicted molar refractivity (Wildman–Crippen MR) is 95.5 cm³/mol. The van der Waals surface area contributed by atoms with Gasteiger partial charge in [-0.25, -0.2) is 9.37 Å². The lowest BCUT2D eigenvalue weighted by atomic mass is 9.97. The van der Waals surface area contributed by atoms with Gasteiger partial charge in [0.05, 0.1) is 23.8 Å². The molecule has 1 amide bonds. The number of aromatic amines is 1. The van der Waals surface area contributed by atoms with Crippen LogP contribution >= 0.6 is 0 Å². The minimum atomic E-state index is -0.523. The molecule has 1 fully saturated rings. The molecule has 8 nitrogen and oxygen atoms in total. The van der Waals surface area contributed by atoms with Crippen LogP contribution in [-0.2, 0) is 4.79 Å². The number of fused-ring (bicyclic) bond motifs is 1. The number of primary amides is 1. The third-order valence-electron chi connectivity index (χ3n) is 4.55. The van der Waals surface area contributed by atoms with Crippen LogP contribution < -0.4 is 16.0 Å². The van der Waals surface area contributed by atoms with Crippen LogP contribution in [0.3, 0.4) is 0 Å². The summed E-state index contributed by atoms with van der Waals surface area (Å²) in [5.41, 5.74) is 7.03. The molecule has 0 bridgehead atoms. The smallest absolute Gasteiger partial charge is 0.229 e. The second-order valence-electron chi connectivity index (χ2n) is 6.35. The number of nitrogens with one attached hydrogen (secondary N) is 2. The Hall–Kier alpha value is -3.23. The van der Waals surface area contributed by atoms with E-state index in [1.807, 2.05) is 18.2 Å². The molecule has 0 radical (unpaired) electrons. The van der Waals surface area contributed by atoms with Crippen molar-refractivity contribution in [1.82, 2.24) is 20.2 Å². The molecule has 0 saturated carbocycles. The minimum absolute atomic E-state index is 0.177. The van der Waals surface area contributed by atoms with E-state index in [0.29, 0.717) is 19.5 Å². The van der Waals surface area contributed by atoms with Crippen molar-refractivity contribution in [3.05, 3.63) is 36.4 Å². The van der Waals surface area contributed by atoms with Gasteiger partial charge in [-0.1, -0.05) is 0 Å². The van der Waals surface area contributed by atoms with E-state index in [0.717, 1.165) is 29.2 Å². The highest BCUT2D eigenvalue weighted by atomic mass is 19.1. The van der Waals surface area contributed by atoms with Crippen molar-refractivity contribution in [1.29, 1.82) is 0 Å². The summed E-state index contributed by atoms with van der Waals surface area (Å²) >= 11 is 0. The maximum Gasteiger partial charge on any atom is 0.229 e. The molecule has 4 rings (SSSR count).